The molecule has 2 N–H and O–H groups in total. The van der Waals surface area contributed by atoms with Crippen LogP contribution in [0, 0.1) is 0 Å². The molecule has 3 aromatic rings. The number of hydrogen-bond acceptors (Lipinski definition) is 6. The molecule has 0 radical (unpaired) electrons. The van der Waals surface area contributed by atoms with Gasteiger partial charge in [0.05, 0.1) is 6.10 Å². The van der Waals surface area contributed by atoms with E-state index in [1.165, 1.54) is 12.1 Å². The highest BCUT2D eigenvalue weighted by Gasteiger charge is 2.45. The number of benzene rings is 3. The second-order valence-electron chi connectivity index (χ2n) is 9.27. The Morgan fingerprint density at radius 1 is 1.00 bits per heavy atom. The van der Waals surface area contributed by atoms with Gasteiger partial charge in [0.15, 0.2) is 5.78 Å². The predicted molar refractivity (Wildman–Crippen MR) is 136 cm³/mol. The maximum absolute atomic E-state index is 13.7. The van der Waals surface area contributed by atoms with Crippen LogP contribution in [0.25, 0.3) is 0 Å². The van der Waals surface area contributed by atoms with Crippen molar-refractivity contribution in [3.63, 3.8) is 0 Å². The summed E-state index contributed by atoms with van der Waals surface area (Å²) in [5, 5.41) is 12.5. The van der Waals surface area contributed by atoms with E-state index in [1.54, 1.807) is 41.3 Å². The Morgan fingerprint density at radius 2 is 1.70 bits per heavy atom. The minimum absolute atomic E-state index is 0.00546. The predicted octanol–water partition coefficient (Wildman–Crippen LogP) is 3.48. The second kappa shape index (κ2) is 10.8. The summed E-state index contributed by atoms with van der Waals surface area (Å²) >= 11 is 0. The highest BCUT2D eigenvalue weighted by molar-refractivity contribution is 5.99. The first-order valence-electron chi connectivity index (χ1n) is 12.3. The number of amides is 2. The van der Waals surface area contributed by atoms with Crippen molar-refractivity contribution in [2.24, 2.45) is 0 Å². The Hall–Kier alpha value is -4.17. The number of carbonyl (C=O) groups excluding carboxylic acids is 3. The zero-order valence-electron chi connectivity index (χ0n) is 20.2. The number of ether oxygens (including phenoxy) is 2. The number of piperidine rings is 1. The highest BCUT2D eigenvalue weighted by atomic mass is 16.5. The van der Waals surface area contributed by atoms with Crippen molar-refractivity contribution in [1.82, 2.24) is 10.2 Å². The van der Waals surface area contributed by atoms with Gasteiger partial charge in [-0.2, -0.15) is 0 Å². The maximum Gasteiger partial charge on any atom is 0.251 e. The van der Waals surface area contributed by atoms with Gasteiger partial charge in [-0.05, 0) is 66.9 Å². The fourth-order valence-corrected chi connectivity index (χ4v) is 4.85. The van der Waals surface area contributed by atoms with E-state index in [1.807, 2.05) is 30.3 Å². The van der Waals surface area contributed by atoms with Crippen LogP contribution in [-0.4, -0.2) is 58.9 Å². The number of aromatic hydroxyl groups is 1. The van der Waals surface area contributed by atoms with Gasteiger partial charge in [-0.1, -0.05) is 30.3 Å². The van der Waals surface area contributed by atoms with Crippen molar-refractivity contribution in [3.05, 3.63) is 90.0 Å². The average Bonchev–Trinajstić information content (AvgIpc) is 3.31. The monoisotopic (exact) mass is 500 g/mol. The van der Waals surface area contributed by atoms with E-state index in [-0.39, 0.29) is 36.6 Å². The Bertz CT molecular complexity index is 1260. The Kier molecular flexibility index (Phi) is 7.18. The molecule has 0 aliphatic carbocycles. The number of nitrogens with zero attached hydrogens (tertiary/aromatic N) is 1. The lowest BCUT2D eigenvalue weighted by atomic mass is 9.95. The molecule has 190 valence electrons. The molecular formula is C29H28N2O6. The zero-order chi connectivity index (χ0) is 25.8. The number of phenolic OH excluding ortho intramolecular Hbond substituents is 1. The molecule has 0 spiro atoms. The number of para-hydroxylation sites is 1. The van der Waals surface area contributed by atoms with E-state index in [0.29, 0.717) is 23.6 Å². The molecule has 3 aromatic carbocycles. The molecule has 8 heteroatoms. The number of fused-ring (bicyclic) bond motifs is 1. The summed E-state index contributed by atoms with van der Waals surface area (Å²) in [6, 6.07) is 21.0. The quantitative estimate of drug-likeness (QED) is 0.515. The first-order chi connectivity index (χ1) is 18.0. The van der Waals surface area contributed by atoms with E-state index in [2.05, 4.69) is 5.32 Å². The molecule has 8 nitrogen and oxygen atoms in total. The number of Topliss-reactive ketones (excluding diaryl/α,β-unsaturated/α-hetero) is 1. The summed E-state index contributed by atoms with van der Waals surface area (Å²) < 4.78 is 11.4. The van der Waals surface area contributed by atoms with Gasteiger partial charge in [0.2, 0.25) is 5.91 Å². The van der Waals surface area contributed by atoms with Gasteiger partial charge >= 0.3 is 0 Å². The molecule has 0 aromatic heterocycles. The van der Waals surface area contributed by atoms with Crippen LogP contribution in [0.2, 0.25) is 0 Å². The van der Waals surface area contributed by atoms with Gasteiger partial charge in [-0.3, -0.25) is 14.4 Å². The fraction of sp³-hybridized carbons (Fsp3) is 0.276. The van der Waals surface area contributed by atoms with Crippen LogP contribution >= 0.6 is 0 Å². The van der Waals surface area contributed by atoms with Crippen LogP contribution in [-0.2, 0) is 20.7 Å². The molecule has 37 heavy (non-hydrogen) atoms. The van der Waals surface area contributed by atoms with Crippen LogP contribution in [0.4, 0.5) is 0 Å². The topological polar surface area (TPSA) is 105 Å². The summed E-state index contributed by atoms with van der Waals surface area (Å²) in [4.78, 5) is 41.0. The lowest BCUT2D eigenvalue weighted by Crippen LogP contribution is -2.58. The van der Waals surface area contributed by atoms with Gasteiger partial charge in [0.25, 0.3) is 5.91 Å². The maximum atomic E-state index is 13.7. The lowest BCUT2D eigenvalue weighted by Gasteiger charge is -2.37. The third-order valence-electron chi connectivity index (χ3n) is 6.70. The second-order valence-corrected chi connectivity index (χ2v) is 9.27. The van der Waals surface area contributed by atoms with Crippen molar-refractivity contribution in [1.29, 1.82) is 0 Å². The normalized spacial score (nSPS) is 19.7. The number of nitrogens with one attached hydrogen (secondary N) is 1. The molecule has 0 bridgehead atoms. The summed E-state index contributed by atoms with van der Waals surface area (Å²) in [7, 11) is 0. The van der Waals surface area contributed by atoms with Crippen molar-refractivity contribution >= 4 is 17.6 Å². The Morgan fingerprint density at radius 3 is 2.43 bits per heavy atom. The van der Waals surface area contributed by atoms with Crippen LogP contribution < -0.4 is 10.1 Å². The number of likely N-dealkylation sites (tertiary alicyclic amines) is 1. The smallest absolute Gasteiger partial charge is 0.251 e. The molecular weight excluding hydrogens is 472 g/mol. The summed E-state index contributed by atoms with van der Waals surface area (Å²) in [6.45, 7) is 0.439. The minimum atomic E-state index is -0.899. The summed E-state index contributed by atoms with van der Waals surface area (Å²) in [6.07, 6.45) is 1.37. The van der Waals surface area contributed by atoms with E-state index >= 15 is 0 Å². The fourth-order valence-electron chi connectivity index (χ4n) is 4.85. The van der Waals surface area contributed by atoms with E-state index in [0.717, 1.165) is 18.4 Å². The number of hydrogen-bond donors (Lipinski definition) is 2. The number of ketones is 1. The first-order valence-corrected chi connectivity index (χ1v) is 12.3. The van der Waals surface area contributed by atoms with Gasteiger partial charge in [-0.15, -0.1) is 0 Å². The molecule has 3 atom stereocenters. The van der Waals surface area contributed by atoms with E-state index in [4.69, 9.17) is 9.47 Å². The number of carbonyl (C=O) groups is 3. The Balaban J connectivity index is 1.33. The minimum Gasteiger partial charge on any atom is -0.508 e. The molecule has 2 heterocycles. The van der Waals surface area contributed by atoms with Crippen LogP contribution in [0.3, 0.4) is 0 Å². The molecule has 2 aliphatic rings. The van der Waals surface area contributed by atoms with E-state index < -0.39 is 18.0 Å². The van der Waals surface area contributed by atoms with Crippen molar-refractivity contribution in [2.75, 3.05) is 13.2 Å². The molecule has 2 aliphatic heterocycles. The summed E-state index contributed by atoms with van der Waals surface area (Å²) in [5.74, 6) is 0.538. The molecule has 0 saturated carbocycles. The molecule has 2 saturated heterocycles. The standard InChI is InChI=1S/C29H28N2O6/c32-21-12-8-19(9-13-21)17-24(29(35)31-16-4-7-26-27(31)25(33)18-36-26)30-28(34)20-10-14-23(15-11-20)37-22-5-2-1-3-6-22/h1-3,5-6,8-15,24,26-27,32H,4,7,16-18H2,(H,30,34). The highest BCUT2D eigenvalue weighted by Crippen LogP contribution is 2.27. The van der Waals surface area contributed by atoms with Gasteiger partial charge in [-0.25, -0.2) is 0 Å². The number of rotatable bonds is 7. The van der Waals surface area contributed by atoms with Crippen molar-refractivity contribution < 1.29 is 29.0 Å². The van der Waals surface area contributed by atoms with Gasteiger partial charge in [0.1, 0.15) is 35.9 Å². The number of phenols is 1. The first kappa shape index (κ1) is 24.5. The largest absolute Gasteiger partial charge is 0.508 e. The van der Waals surface area contributed by atoms with Crippen LogP contribution in [0.15, 0.2) is 78.9 Å². The van der Waals surface area contributed by atoms with Crippen molar-refractivity contribution in [3.8, 4) is 17.2 Å². The van der Waals surface area contributed by atoms with Gasteiger partial charge in [0, 0.05) is 18.5 Å². The van der Waals surface area contributed by atoms with Crippen LogP contribution in [0.1, 0.15) is 28.8 Å². The third-order valence-corrected chi connectivity index (χ3v) is 6.70. The third kappa shape index (κ3) is 5.65. The van der Waals surface area contributed by atoms with Gasteiger partial charge < -0.3 is 24.8 Å². The SMILES string of the molecule is O=C(NC(Cc1ccc(O)cc1)C(=O)N1CCCC2OCC(=O)C21)c1ccc(Oc2ccccc2)cc1. The van der Waals surface area contributed by atoms with Crippen LogP contribution in [0.5, 0.6) is 17.2 Å². The molecule has 3 unspecified atom stereocenters. The molecule has 2 amide bonds. The molecule has 2 fully saturated rings. The molecule has 5 rings (SSSR count). The van der Waals surface area contributed by atoms with Crippen molar-refractivity contribution in [2.45, 2.75) is 37.5 Å². The Labute approximate surface area is 214 Å². The van der Waals surface area contributed by atoms with E-state index in [9.17, 15) is 19.5 Å². The lowest BCUT2D eigenvalue weighted by molar-refractivity contribution is -0.142. The zero-order valence-corrected chi connectivity index (χ0v) is 20.2. The average molecular weight is 501 g/mol. The summed E-state index contributed by atoms with van der Waals surface area (Å²) in [5.41, 5.74) is 1.14.